The van der Waals surface area contributed by atoms with E-state index in [0.717, 1.165) is 11.3 Å². The average molecular weight is 374 g/mol. The minimum Gasteiger partial charge on any atom is -0.497 e. The van der Waals surface area contributed by atoms with Crippen molar-refractivity contribution >= 4 is 35.0 Å². The van der Waals surface area contributed by atoms with Gasteiger partial charge in [-0.15, -0.1) is 11.8 Å². The molecule has 0 saturated carbocycles. The number of ether oxygens (including phenoxy) is 2. The molecule has 138 valence electrons. The number of hydrogen-bond acceptors (Lipinski definition) is 5. The maximum Gasteiger partial charge on any atom is 0.234 e. The topological polar surface area (TPSA) is 76.7 Å². The van der Waals surface area contributed by atoms with Crippen molar-refractivity contribution in [2.75, 3.05) is 36.4 Å². The van der Waals surface area contributed by atoms with Gasteiger partial charge in [0.05, 0.1) is 31.4 Å². The molecular formula is C19H22N2O4S. The highest BCUT2D eigenvalue weighted by molar-refractivity contribution is 8.00. The van der Waals surface area contributed by atoms with E-state index in [0.29, 0.717) is 17.2 Å². The molecule has 0 unspecified atom stereocenters. The van der Waals surface area contributed by atoms with E-state index in [1.807, 2.05) is 31.2 Å². The lowest BCUT2D eigenvalue weighted by molar-refractivity contribution is -0.114. The van der Waals surface area contributed by atoms with Crippen LogP contribution in [0.25, 0.3) is 0 Å². The number of hydrogen-bond donors (Lipinski definition) is 2. The molecule has 0 atom stereocenters. The molecule has 2 rings (SSSR count). The fourth-order valence-corrected chi connectivity index (χ4v) is 2.86. The molecule has 0 aliphatic heterocycles. The number of carbonyl (C=O) groups is 2. The smallest absolute Gasteiger partial charge is 0.234 e. The van der Waals surface area contributed by atoms with Crippen LogP contribution < -0.4 is 20.1 Å². The maximum absolute atomic E-state index is 12.1. The molecule has 0 aromatic heterocycles. The third-order valence-corrected chi connectivity index (χ3v) is 4.38. The summed E-state index contributed by atoms with van der Waals surface area (Å²) in [6.07, 6.45) is 0. The first-order valence-corrected chi connectivity index (χ1v) is 9.13. The first-order valence-electron chi connectivity index (χ1n) is 7.98. The highest BCUT2D eigenvalue weighted by atomic mass is 32.2. The molecule has 0 aliphatic rings. The van der Waals surface area contributed by atoms with E-state index in [1.165, 1.54) is 18.9 Å². The van der Waals surface area contributed by atoms with Crippen molar-refractivity contribution in [3.05, 3.63) is 48.0 Å². The first-order chi connectivity index (χ1) is 12.5. The van der Waals surface area contributed by atoms with Gasteiger partial charge in [0.15, 0.2) is 0 Å². The van der Waals surface area contributed by atoms with Crippen LogP contribution in [0.2, 0.25) is 0 Å². The summed E-state index contributed by atoms with van der Waals surface area (Å²) in [7, 11) is 3.08. The third kappa shape index (κ3) is 6.00. The average Bonchev–Trinajstić information content (AvgIpc) is 2.62. The highest BCUT2D eigenvalue weighted by Gasteiger charge is 2.10. The second-order valence-corrected chi connectivity index (χ2v) is 6.51. The number of benzene rings is 2. The summed E-state index contributed by atoms with van der Waals surface area (Å²) in [5, 5.41) is 5.58. The van der Waals surface area contributed by atoms with Crippen molar-refractivity contribution in [2.24, 2.45) is 0 Å². The van der Waals surface area contributed by atoms with E-state index in [1.54, 1.807) is 25.3 Å². The Morgan fingerprint density at radius 2 is 1.69 bits per heavy atom. The molecule has 0 bridgehead atoms. The third-order valence-electron chi connectivity index (χ3n) is 3.45. The Bertz CT molecular complexity index is 780. The normalized spacial score (nSPS) is 10.1. The number of methoxy groups -OCH3 is 2. The lowest BCUT2D eigenvalue weighted by Gasteiger charge is -2.11. The zero-order valence-corrected chi connectivity index (χ0v) is 15.8. The molecule has 0 radical (unpaired) electrons. The van der Waals surface area contributed by atoms with Crippen molar-refractivity contribution in [1.82, 2.24) is 0 Å². The van der Waals surface area contributed by atoms with Gasteiger partial charge in [-0.25, -0.2) is 0 Å². The van der Waals surface area contributed by atoms with Crippen molar-refractivity contribution in [2.45, 2.75) is 6.92 Å². The molecule has 26 heavy (non-hydrogen) atoms. The predicted molar refractivity (Wildman–Crippen MR) is 105 cm³/mol. The molecule has 2 N–H and O–H groups in total. The van der Waals surface area contributed by atoms with Gasteiger partial charge in [0.1, 0.15) is 11.5 Å². The quantitative estimate of drug-likeness (QED) is 0.741. The summed E-state index contributed by atoms with van der Waals surface area (Å²) >= 11 is 1.24. The summed E-state index contributed by atoms with van der Waals surface area (Å²) in [4.78, 5) is 24.0. The number of thioether (sulfide) groups is 1. The van der Waals surface area contributed by atoms with Crippen LogP contribution in [-0.4, -0.2) is 37.5 Å². The van der Waals surface area contributed by atoms with Crippen LogP contribution in [0.4, 0.5) is 11.4 Å². The van der Waals surface area contributed by atoms with Gasteiger partial charge >= 0.3 is 0 Å². The Labute approximate surface area is 157 Å². The lowest BCUT2D eigenvalue weighted by atomic mass is 10.2. The van der Waals surface area contributed by atoms with Crippen LogP contribution in [0.3, 0.4) is 0 Å². The Morgan fingerprint density at radius 3 is 2.35 bits per heavy atom. The van der Waals surface area contributed by atoms with Gasteiger partial charge in [0, 0.05) is 11.8 Å². The first kappa shape index (κ1) is 19.7. The molecule has 7 heteroatoms. The van der Waals surface area contributed by atoms with Gasteiger partial charge in [-0.05, 0) is 36.8 Å². The molecule has 6 nitrogen and oxygen atoms in total. The lowest BCUT2D eigenvalue weighted by Crippen LogP contribution is -2.18. The summed E-state index contributed by atoms with van der Waals surface area (Å²) in [5.41, 5.74) is 2.38. The second kappa shape index (κ2) is 9.72. The van der Waals surface area contributed by atoms with E-state index in [9.17, 15) is 9.59 Å². The van der Waals surface area contributed by atoms with E-state index in [-0.39, 0.29) is 23.3 Å². The Kier molecular flexibility index (Phi) is 7.35. The van der Waals surface area contributed by atoms with Gasteiger partial charge in [0.25, 0.3) is 0 Å². The minimum absolute atomic E-state index is 0.143. The van der Waals surface area contributed by atoms with Crippen molar-refractivity contribution in [3.8, 4) is 11.5 Å². The molecule has 2 aromatic carbocycles. The van der Waals surface area contributed by atoms with Crippen molar-refractivity contribution in [1.29, 1.82) is 0 Å². The Morgan fingerprint density at radius 1 is 0.962 bits per heavy atom. The summed E-state index contributed by atoms with van der Waals surface area (Å²) in [6.45, 7) is 1.96. The summed E-state index contributed by atoms with van der Waals surface area (Å²) in [6, 6.07) is 12.7. The fraction of sp³-hybridized carbons (Fsp3) is 0.263. The van der Waals surface area contributed by atoms with Crippen LogP contribution in [0.1, 0.15) is 5.56 Å². The largest absolute Gasteiger partial charge is 0.497 e. The van der Waals surface area contributed by atoms with Gasteiger partial charge < -0.3 is 20.1 Å². The van der Waals surface area contributed by atoms with Crippen molar-refractivity contribution < 1.29 is 19.1 Å². The fourth-order valence-electron chi connectivity index (χ4n) is 2.24. The molecule has 0 fully saturated rings. The van der Waals surface area contributed by atoms with Gasteiger partial charge in [-0.3, -0.25) is 9.59 Å². The summed E-state index contributed by atoms with van der Waals surface area (Å²) in [5.74, 6) is 1.16. The number of nitrogens with one attached hydrogen (secondary N) is 2. The highest BCUT2D eigenvalue weighted by Crippen LogP contribution is 2.29. The molecule has 0 saturated heterocycles. The standard InChI is InChI=1S/C19H22N2O4S/c1-13-5-4-6-14(9-13)20-18(22)11-26-12-19(23)21-16-8-7-15(24-2)10-17(16)25-3/h4-10H,11-12H2,1-3H3,(H,20,22)(H,21,23). The van der Waals surface area contributed by atoms with E-state index in [4.69, 9.17) is 9.47 Å². The van der Waals surface area contributed by atoms with Crippen LogP contribution in [-0.2, 0) is 9.59 Å². The Balaban J connectivity index is 1.79. The SMILES string of the molecule is COc1ccc(NC(=O)CSCC(=O)Nc2cccc(C)c2)c(OC)c1. The monoisotopic (exact) mass is 374 g/mol. The van der Waals surface area contributed by atoms with Gasteiger partial charge in [-0.1, -0.05) is 12.1 Å². The zero-order valence-electron chi connectivity index (χ0n) is 15.0. The number of carbonyl (C=O) groups excluding carboxylic acids is 2. The van der Waals surface area contributed by atoms with Crippen LogP contribution >= 0.6 is 11.8 Å². The van der Waals surface area contributed by atoms with Crippen molar-refractivity contribution in [3.63, 3.8) is 0 Å². The molecule has 2 aromatic rings. The molecular weight excluding hydrogens is 352 g/mol. The van der Waals surface area contributed by atoms with Gasteiger partial charge in [0.2, 0.25) is 11.8 Å². The zero-order chi connectivity index (χ0) is 18.9. The molecule has 2 amide bonds. The summed E-state index contributed by atoms with van der Waals surface area (Å²) < 4.78 is 10.4. The number of amides is 2. The minimum atomic E-state index is -0.207. The van der Waals surface area contributed by atoms with Crippen LogP contribution in [0.5, 0.6) is 11.5 Å². The Hall–Kier alpha value is -2.67. The molecule has 0 aliphatic carbocycles. The number of rotatable bonds is 8. The predicted octanol–water partition coefficient (Wildman–Crippen LogP) is 3.32. The number of anilines is 2. The molecule has 0 heterocycles. The maximum atomic E-state index is 12.1. The second-order valence-electron chi connectivity index (χ2n) is 5.52. The van der Waals surface area contributed by atoms with Crippen LogP contribution in [0, 0.1) is 6.92 Å². The number of aryl methyl sites for hydroxylation is 1. The van der Waals surface area contributed by atoms with Gasteiger partial charge in [-0.2, -0.15) is 0 Å². The molecule has 0 spiro atoms. The van der Waals surface area contributed by atoms with E-state index < -0.39 is 0 Å². The van der Waals surface area contributed by atoms with E-state index >= 15 is 0 Å². The van der Waals surface area contributed by atoms with Crippen LogP contribution in [0.15, 0.2) is 42.5 Å². The van der Waals surface area contributed by atoms with E-state index in [2.05, 4.69) is 10.6 Å².